The maximum Gasteiger partial charge on any atom is 0.325 e. The van der Waals surface area contributed by atoms with Gasteiger partial charge in [0.05, 0.1) is 17.9 Å². The normalized spacial score (nSPS) is 10.1. The van der Waals surface area contributed by atoms with E-state index in [1.807, 2.05) is 0 Å². The van der Waals surface area contributed by atoms with Crippen LogP contribution in [-0.2, 0) is 9.53 Å². The molecule has 1 rings (SSSR count). The minimum absolute atomic E-state index is 0.179. The van der Waals surface area contributed by atoms with Crippen molar-refractivity contribution in [3.05, 3.63) is 29.3 Å². The SMILES string of the molecule is CCOC(=O)CN(C)C(=O)c1cc(N)c(F)cc1F. The van der Waals surface area contributed by atoms with E-state index < -0.39 is 29.1 Å². The second kappa shape index (κ2) is 6.12. The van der Waals surface area contributed by atoms with E-state index in [2.05, 4.69) is 4.74 Å². The van der Waals surface area contributed by atoms with Crippen LogP contribution < -0.4 is 5.73 Å². The van der Waals surface area contributed by atoms with Gasteiger partial charge >= 0.3 is 5.97 Å². The summed E-state index contributed by atoms with van der Waals surface area (Å²) in [5, 5.41) is 0. The standard InChI is InChI=1S/C12H14F2N2O3/c1-3-19-11(17)6-16(2)12(18)7-4-10(15)9(14)5-8(7)13/h4-5H,3,6,15H2,1-2H3. The lowest BCUT2D eigenvalue weighted by Gasteiger charge is -2.16. The molecular weight excluding hydrogens is 258 g/mol. The summed E-state index contributed by atoms with van der Waals surface area (Å²) in [6.45, 7) is 1.47. The Morgan fingerprint density at radius 1 is 1.32 bits per heavy atom. The van der Waals surface area contributed by atoms with Gasteiger partial charge in [0, 0.05) is 13.1 Å². The van der Waals surface area contributed by atoms with E-state index in [4.69, 9.17) is 5.73 Å². The average Bonchev–Trinajstić information content (AvgIpc) is 2.33. The Balaban J connectivity index is 2.88. The summed E-state index contributed by atoms with van der Waals surface area (Å²) >= 11 is 0. The van der Waals surface area contributed by atoms with Crippen LogP contribution in [0.15, 0.2) is 12.1 Å². The number of carbonyl (C=O) groups is 2. The van der Waals surface area contributed by atoms with Crippen molar-refractivity contribution >= 4 is 17.6 Å². The molecular formula is C12H14F2N2O3. The Morgan fingerprint density at radius 2 is 1.95 bits per heavy atom. The molecule has 0 spiro atoms. The fraction of sp³-hybridized carbons (Fsp3) is 0.333. The molecule has 2 N–H and O–H groups in total. The number of hydrogen-bond acceptors (Lipinski definition) is 4. The first kappa shape index (κ1) is 14.9. The third kappa shape index (κ3) is 3.64. The van der Waals surface area contributed by atoms with Crippen molar-refractivity contribution in [3.8, 4) is 0 Å². The van der Waals surface area contributed by atoms with Gasteiger partial charge in [-0.05, 0) is 13.0 Å². The molecule has 0 aliphatic carbocycles. The third-order valence-corrected chi connectivity index (χ3v) is 2.34. The van der Waals surface area contributed by atoms with E-state index in [-0.39, 0.29) is 18.8 Å². The largest absolute Gasteiger partial charge is 0.465 e. The van der Waals surface area contributed by atoms with Gasteiger partial charge in [0.25, 0.3) is 5.91 Å². The summed E-state index contributed by atoms with van der Waals surface area (Å²) in [7, 11) is 1.30. The fourth-order valence-corrected chi connectivity index (χ4v) is 1.41. The molecule has 0 radical (unpaired) electrons. The van der Waals surface area contributed by atoms with Gasteiger partial charge in [0.1, 0.15) is 18.2 Å². The molecule has 0 saturated heterocycles. The molecule has 5 nitrogen and oxygen atoms in total. The molecule has 19 heavy (non-hydrogen) atoms. The Bertz CT molecular complexity index is 506. The number of anilines is 1. The second-order valence-electron chi connectivity index (χ2n) is 3.82. The molecule has 0 bridgehead atoms. The number of amides is 1. The van der Waals surface area contributed by atoms with Gasteiger partial charge in [-0.15, -0.1) is 0 Å². The van der Waals surface area contributed by atoms with Crippen molar-refractivity contribution in [3.63, 3.8) is 0 Å². The average molecular weight is 272 g/mol. The Hall–Kier alpha value is -2.18. The molecule has 0 unspecified atom stereocenters. The predicted molar refractivity (Wildman–Crippen MR) is 64.4 cm³/mol. The summed E-state index contributed by atoms with van der Waals surface area (Å²) in [6, 6.07) is 1.43. The Labute approximate surface area is 108 Å². The van der Waals surface area contributed by atoms with Crippen LogP contribution in [0.3, 0.4) is 0 Å². The molecule has 1 aromatic rings. The van der Waals surface area contributed by atoms with Gasteiger partial charge in [0.2, 0.25) is 0 Å². The quantitative estimate of drug-likeness (QED) is 0.660. The number of carbonyl (C=O) groups excluding carboxylic acids is 2. The van der Waals surface area contributed by atoms with Crippen LogP contribution in [0.1, 0.15) is 17.3 Å². The molecule has 1 amide bonds. The highest BCUT2D eigenvalue weighted by atomic mass is 19.1. The minimum atomic E-state index is -1.03. The third-order valence-electron chi connectivity index (χ3n) is 2.34. The fourth-order valence-electron chi connectivity index (χ4n) is 1.41. The molecule has 0 aliphatic rings. The smallest absolute Gasteiger partial charge is 0.325 e. The van der Waals surface area contributed by atoms with Gasteiger partial charge in [-0.3, -0.25) is 9.59 Å². The predicted octanol–water partition coefficient (Wildman–Crippen LogP) is 1.18. The van der Waals surface area contributed by atoms with E-state index in [1.54, 1.807) is 6.92 Å². The van der Waals surface area contributed by atoms with Crippen LogP contribution >= 0.6 is 0 Å². The van der Waals surface area contributed by atoms with Gasteiger partial charge in [-0.1, -0.05) is 0 Å². The van der Waals surface area contributed by atoms with Crippen LogP contribution in [0.25, 0.3) is 0 Å². The molecule has 0 saturated carbocycles. The number of rotatable bonds is 4. The van der Waals surface area contributed by atoms with Crippen molar-refractivity contribution in [2.75, 3.05) is 25.9 Å². The minimum Gasteiger partial charge on any atom is -0.465 e. The van der Waals surface area contributed by atoms with E-state index in [1.165, 1.54) is 7.05 Å². The monoisotopic (exact) mass is 272 g/mol. The summed E-state index contributed by atoms with van der Waals surface area (Å²) < 4.78 is 31.1. The number of esters is 1. The highest BCUT2D eigenvalue weighted by Crippen LogP contribution is 2.17. The highest BCUT2D eigenvalue weighted by molar-refractivity contribution is 5.96. The van der Waals surface area contributed by atoms with Gasteiger partial charge in [-0.2, -0.15) is 0 Å². The molecule has 0 aliphatic heterocycles. The topological polar surface area (TPSA) is 72.6 Å². The van der Waals surface area contributed by atoms with Crippen molar-refractivity contribution in [1.82, 2.24) is 4.90 Å². The number of nitrogen functional groups attached to an aromatic ring is 1. The van der Waals surface area contributed by atoms with Crippen LogP contribution in [0.4, 0.5) is 14.5 Å². The molecule has 0 fully saturated rings. The Morgan fingerprint density at radius 3 is 2.53 bits per heavy atom. The van der Waals surface area contributed by atoms with Crippen LogP contribution in [0.5, 0.6) is 0 Å². The van der Waals surface area contributed by atoms with E-state index >= 15 is 0 Å². The summed E-state index contributed by atoms with van der Waals surface area (Å²) in [5.74, 6) is -3.37. The van der Waals surface area contributed by atoms with Crippen LogP contribution in [0.2, 0.25) is 0 Å². The lowest BCUT2D eigenvalue weighted by atomic mass is 10.1. The Kier molecular flexibility index (Phi) is 4.80. The van der Waals surface area contributed by atoms with Crippen molar-refractivity contribution in [2.45, 2.75) is 6.92 Å². The number of nitrogens with two attached hydrogens (primary N) is 1. The van der Waals surface area contributed by atoms with Crippen LogP contribution in [0, 0.1) is 11.6 Å². The van der Waals surface area contributed by atoms with Crippen LogP contribution in [-0.4, -0.2) is 37.0 Å². The number of hydrogen-bond donors (Lipinski definition) is 1. The van der Waals surface area contributed by atoms with Gasteiger partial charge in [0.15, 0.2) is 0 Å². The lowest BCUT2D eigenvalue weighted by Crippen LogP contribution is -2.33. The summed E-state index contributed by atoms with van der Waals surface area (Å²) in [6.07, 6.45) is 0. The number of ether oxygens (including phenoxy) is 1. The maximum absolute atomic E-state index is 13.5. The first-order chi connectivity index (χ1) is 8.86. The van der Waals surface area contributed by atoms with E-state index in [0.717, 1.165) is 11.0 Å². The molecule has 7 heteroatoms. The number of likely N-dealkylation sites (N-methyl/N-ethyl adjacent to an activating group) is 1. The number of halogens is 2. The summed E-state index contributed by atoms with van der Waals surface area (Å²) in [4.78, 5) is 24.0. The zero-order valence-corrected chi connectivity index (χ0v) is 10.6. The first-order valence-corrected chi connectivity index (χ1v) is 5.52. The molecule has 1 aromatic carbocycles. The first-order valence-electron chi connectivity index (χ1n) is 5.52. The zero-order valence-electron chi connectivity index (χ0n) is 10.6. The van der Waals surface area contributed by atoms with Gasteiger partial charge in [-0.25, -0.2) is 8.78 Å². The number of nitrogens with zero attached hydrogens (tertiary/aromatic N) is 1. The van der Waals surface area contributed by atoms with E-state index in [0.29, 0.717) is 6.07 Å². The molecule has 104 valence electrons. The molecule has 0 aromatic heterocycles. The zero-order chi connectivity index (χ0) is 14.6. The van der Waals surface area contributed by atoms with Crippen molar-refractivity contribution in [2.24, 2.45) is 0 Å². The molecule has 0 heterocycles. The maximum atomic E-state index is 13.5. The van der Waals surface area contributed by atoms with Gasteiger partial charge < -0.3 is 15.4 Å². The summed E-state index contributed by atoms with van der Waals surface area (Å²) in [5.41, 5.74) is 4.54. The van der Waals surface area contributed by atoms with Crippen molar-refractivity contribution < 1.29 is 23.1 Å². The van der Waals surface area contributed by atoms with E-state index in [9.17, 15) is 18.4 Å². The second-order valence-corrected chi connectivity index (χ2v) is 3.82. The van der Waals surface area contributed by atoms with Crippen molar-refractivity contribution in [1.29, 1.82) is 0 Å². The highest BCUT2D eigenvalue weighted by Gasteiger charge is 2.20. The molecule has 0 atom stereocenters. The number of benzene rings is 1. The lowest BCUT2D eigenvalue weighted by molar-refractivity contribution is -0.143.